The Labute approximate surface area is 305 Å². The lowest BCUT2D eigenvalue weighted by Gasteiger charge is -2.48. The molecule has 0 saturated carbocycles. The summed E-state index contributed by atoms with van der Waals surface area (Å²) in [5.74, 6) is -2.47. The monoisotopic (exact) mass is 742 g/mol. The van der Waals surface area contributed by atoms with Crippen LogP contribution in [-0.2, 0) is 74.4 Å². The van der Waals surface area contributed by atoms with Crippen molar-refractivity contribution in [2.75, 3.05) is 6.61 Å². The fourth-order valence-corrected chi connectivity index (χ4v) is 5.90. The van der Waals surface area contributed by atoms with Crippen LogP contribution in [0.25, 0.3) is 10.4 Å². The van der Waals surface area contributed by atoms with Gasteiger partial charge in [0, 0.05) is 32.6 Å². The number of carbonyl (C=O) groups excluding carboxylic acids is 3. The first kappa shape index (κ1) is 40.6. The van der Waals surface area contributed by atoms with E-state index < -0.39 is 79.4 Å². The predicted octanol–water partition coefficient (Wildman–Crippen LogP) is 3.82. The maximum absolute atomic E-state index is 12.4. The number of benzene rings is 2. The third kappa shape index (κ3) is 11.7. The van der Waals surface area contributed by atoms with Crippen molar-refractivity contribution < 1.29 is 61.2 Å². The van der Waals surface area contributed by atoms with Crippen molar-refractivity contribution in [1.82, 2.24) is 0 Å². The molecule has 2 fully saturated rings. The van der Waals surface area contributed by atoms with Crippen LogP contribution in [0.5, 0.6) is 0 Å². The molecule has 2 aromatic carbocycles. The molecule has 2 saturated heterocycles. The van der Waals surface area contributed by atoms with Gasteiger partial charge >= 0.3 is 17.9 Å². The van der Waals surface area contributed by atoms with E-state index in [1.165, 1.54) is 13.8 Å². The number of rotatable bonds is 16. The van der Waals surface area contributed by atoms with Gasteiger partial charge in [0.1, 0.15) is 37.1 Å². The smallest absolute Gasteiger partial charge is 0.305 e. The number of nitrogens with zero attached hydrogens (tertiary/aromatic N) is 3. The number of nitrogens with one attached hydrogen (secondary N) is 1. The van der Waals surface area contributed by atoms with E-state index in [1.54, 1.807) is 24.3 Å². The van der Waals surface area contributed by atoms with Crippen molar-refractivity contribution in [3.63, 3.8) is 0 Å². The van der Waals surface area contributed by atoms with Crippen molar-refractivity contribution in [2.45, 2.75) is 102 Å². The molecule has 0 bridgehead atoms. The van der Waals surface area contributed by atoms with Crippen molar-refractivity contribution >= 4 is 42.8 Å². The predicted molar refractivity (Wildman–Crippen MR) is 182 cm³/mol. The second-order valence-corrected chi connectivity index (χ2v) is 11.9. The minimum absolute atomic E-state index is 0.0208. The molecule has 0 aliphatic carbocycles. The van der Waals surface area contributed by atoms with E-state index >= 15 is 0 Å². The number of ether oxygens (including phenoxy) is 9. The summed E-state index contributed by atoms with van der Waals surface area (Å²) in [6, 6.07) is 16.8. The molecule has 2 aliphatic rings. The Morgan fingerprint density at radius 2 is 1.35 bits per heavy atom. The van der Waals surface area contributed by atoms with Gasteiger partial charge in [-0.1, -0.05) is 77.7 Å². The van der Waals surface area contributed by atoms with Crippen LogP contribution in [0.2, 0.25) is 0 Å². The van der Waals surface area contributed by atoms with Gasteiger partial charge in [0.15, 0.2) is 24.4 Å². The maximum Gasteiger partial charge on any atom is 0.305 e. The standard InChI is InChI=1S/C33H39BN4O13S/c1-18(35)45-32-29(46-20(3)40)28(44-16-23-13-9-6-10-14-23)30(33(50-32)47-21(4)41)49-31-25(37-38-36)27(43-15-22-11-7-5-8-12-22)26(51-52-34)24(48-31)17-42-19(2)39/h5-14,24-33,35H,15-17H2,1-4H3. The van der Waals surface area contributed by atoms with E-state index in [2.05, 4.69) is 10.0 Å². The Morgan fingerprint density at radius 3 is 1.87 bits per heavy atom. The van der Waals surface area contributed by atoms with Crippen molar-refractivity contribution in [3.8, 4) is 0 Å². The van der Waals surface area contributed by atoms with E-state index in [0.717, 1.165) is 25.0 Å². The maximum atomic E-state index is 12.4. The normalized spacial score (nSPS) is 28.5. The summed E-state index contributed by atoms with van der Waals surface area (Å²) in [6.07, 6.45) is -12.2. The van der Waals surface area contributed by atoms with E-state index in [0.29, 0.717) is 11.9 Å². The van der Waals surface area contributed by atoms with Crippen LogP contribution in [0.4, 0.5) is 0 Å². The lowest BCUT2D eigenvalue weighted by molar-refractivity contribution is -0.371. The van der Waals surface area contributed by atoms with E-state index in [9.17, 15) is 19.9 Å². The molecule has 1 N–H and O–H groups in total. The fraction of sp³-hybridized carbons (Fsp3) is 0.515. The molecule has 10 atom stereocenters. The first-order chi connectivity index (χ1) is 25.0. The molecule has 2 radical (unpaired) electrons. The van der Waals surface area contributed by atoms with Gasteiger partial charge in [0.25, 0.3) is 0 Å². The zero-order chi connectivity index (χ0) is 37.6. The summed E-state index contributed by atoms with van der Waals surface area (Å²) < 4.78 is 59.1. The molecule has 2 aliphatic heterocycles. The quantitative estimate of drug-likeness (QED) is 0.0298. The van der Waals surface area contributed by atoms with Crippen LogP contribution in [0, 0.1) is 5.41 Å². The highest BCUT2D eigenvalue weighted by atomic mass is 32.2. The second-order valence-electron chi connectivity index (χ2n) is 11.6. The molecule has 0 spiro atoms. The highest BCUT2D eigenvalue weighted by Gasteiger charge is 2.56. The molecule has 10 unspecified atom stereocenters. The van der Waals surface area contributed by atoms with Gasteiger partial charge in [-0.15, -0.1) is 0 Å². The minimum Gasteiger partial charge on any atom is -0.463 e. The molecule has 2 heterocycles. The number of carbonyl (C=O) groups is 3. The van der Waals surface area contributed by atoms with Crippen LogP contribution in [-0.4, -0.2) is 99.1 Å². The topological polar surface area (TPSA) is 216 Å². The van der Waals surface area contributed by atoms with Gasteiger partial charge in [-0.05, 0) is 16.7 Å². The molecule has 17 nitrogen and oxygen atoms in total. The zero-order valence-corrected chi connectivity index (χ0v) is 29.6. The van der Waals surface area contributed by atoms with Crippen molar-refractivity contribution in [3.05, 3.63) is 82.2 Å². The Bertz CT molecular complexity index is 1540. The van der Waals surface area contributed by atoms with Crippen LogP contribution < -0.4 is 0 Å². The minimum atomic E-state index is -1.62. The molecule has 0 aromatic heterocycles. The summed E-state index contributed by atoms with van der Waals surface area (Å²) in [6.45, 7) is 4.42. The van der Waals surface area contributed by atoms with Crippen molar-refractivity contribution in [2.24, 2.45) is 5.11 Å². The second kappa shape index (κ2) is 20.2. The molecule has 2 aromatic rings. The molecule has 19 heteroatoms. The molecular formula is C33H39BN4O13S. The summed E-state index contributed by atoms with van der Waals surface area (Å²) in [5.41, 5.74) is 11.2. The molecule has 52 heavy (non-hydrogen) atoms. The summed E-state index contributed by atoms with van der Waals surface area (Å²) >= 11 is 0.498. The lowest BCUT2D eigenvalue weighted by atomic mass is 9.96. The zero-order valence-electron chi connectivity index (χ0n) is 28.8. The highest BCUT2D eigenvalue weighted by molar-refractivity contribution is 8.15. The van der Waals surface area contributed by atoms with Crippen molar-refractivity contribution in [1.29, 1.82) is 5.41 Å². The average Bonchev–Trinajstić information content (AvgIpc) is 3.10. The Kier molecular flexibility index (Phi) is 15.7. The fourth-order valence-electron chi connectivity index (χ4n) is 5.54. The first-order valence-corrected chi connectivity index (χ1v) is 16.8. The summed E-state index contributed by atoms with van der Waals surface area (Å²) in [5, 5.41) is 11.9. The van der Waals surface area contributed by atoms with E-state index in [1.807, 2.05) is 36.4 Å². The summed E-state index contributed by atoms with van der Waals surface area (Å²) in [4.78, 5) is 39.7. The third-order valence-corrected chi connectivity index (χ3v) is 7.94. The van der Waals surface area contributed by atoms with Crippen LogP contribution in [0.15, 0.2) is 65.8 Å². The van der Waals surface area contributed by atoms with Gasteiger partial charge in [0.05, 0.1) is 13.2 Å². The number of azide groups is 1. The van der Waals surface area contributed by atoms with E-state index in [4.69, 9.17) is 59.3 Å². The SMILES string of the molecule is [B]SOC1C(COC(C)=O)OC(OC2C(OC(C)=O)OC(OC(C)=N)C(OC(C)=O)C2OCc2ccccc2)C(N=[N+]=[N-])C1OCc1ccccc1. The molecule has 0 amide bonds. The van der Waals surface area contributed by atoms with Gasteiger partial charge in [0.2, 0.25) is 19.7 Å². The van der Waals surface area contributed by atoms with Crippen LogP contribution >= 0.6 is 11.9 Å². The average molecular weight is 743 g/mol. The van der Waals surface area contributed by atoms with Gasteiger partial charge < -0.3 is 42.1 Å². The van der Waals surface area contributed by atoms with Gasteiger partial charge in [-0.25, -0.2) is 0 Å². The molecule has 4 rings (SSSR count). The number of hydrogen-bond acceptors (Lipinski definition) is 16. The third-order valence-electron chi connectivity index (χ3n) is 7.61. The number of esters is 3. The van der Waals surface area contributed by atoms with E-state index in [-0.39, 0.29) is 25.7 Å². The van der Waals surface area contributed by atoms with Gasteiger partial charge in [-0.3, -0.25) is 24.5 Å². The summed E-state index contributed by atoms with van der Waals surface area (Å²) in [7, 11) is 5.71. The Morgan fingerprint density at radius 1 is 0.769 bits per heavy atom. The lowest BCUT2D eigenvalue weighted by Crippen LogP contribution is -2.66. The highest BCUT2D eigenvalue weighted by Crippen LogP contribution is 2.36. The Balaban J connectivity index is 1.79. The Hall–Kier alpha value is -4.20. The molecular weight excluding hydrogens is 703 g/mol. The largest absolute Gasteiger partial charge is 0.463 e. The number of hydrogen-bond donors (Lipinski definition) is 1. The first-order valence-electron chi connectivity index (χ1n) is 16.0. The van der Waals surface area contributed by atoms with Crippen LogP contribution in [0.1, 0.15) is 38.8 Å². The van der Waals surface area contributed by atoms with Crippen LogP contribution in [0.3, 0.4) is 0 Å². The molecule has 278 valence electrons. The van der Waals surface area contributed by atoms with Gasteiger partial charge in [-0.2, -0.15) is 0 Å².